The van der Waals surface area contributed by atoms with Crippen LogP contribution in [0.1, 0.15) is 22.5 Å². The maximum absolute atomic E-state index is 12.7. The first kappa shape index (κ1) is 15.2. The van der Waals surface area contributed by atoms with Gasteiger partial charge in [0.05, 0.1) is 23.1 Å². The van der Waals surface area contributed by atoms with Gasteiger partial charge in [-0.3, -0.25) is 4.79 Å². The van der Waals surface area contributed by atoms with E-state index in [4.69, 9.17) is 5.73 Å². The molecule has 116 valence electrons. The Hall–Kier alpha value is -1.66. The van der Waals surface area contributed by atoms with Gasteiger partial charge in [0.25, 0.3) is 5.91 Å². The first-order valence-electron chi connectivity index (χ1n) is 7.40. The fourth-order valence-corrected chi connectivity index (χ4v) is 3.25. The van der Waals surface area contributed by atoms with Crippen molar-refractivity contribution < 1.29 is 4.79 Å². The van der Waals surface area contributed by atoms with Gasteiger partial charge >= 0.3 is 0 Å². The number of hydrogen-bond acceptors (Lipinski definition) is 3. The van der Waals surface area contributed by atoms with Gasteiger partial charge in [-0.15, -0.1) is 0 Å². The number of hydrogen-bond donors (Lipinski definition) is 1. The maximum atomic E-state index is 12.7. The van der Waals surface area contributed by atoms with Crippen molar-refractivity contribution in [2.75, 3.05) is 19.6 Å². The highest BCUT2D eigenvalue weighted by molar-refractivity contribution is 9.10. The van der Waals surface area contributed by atoms with Gasteiger partial charge in [-0.05, 0) is 44.0 Å². The number of aromatic nitrogens is 2. The molecule has 0 saturated carbocycles. The van der Waals surface area contributed by atoms with Crippen LogP contribution in [0.4, 0.5) is 0 Å². The second kappa shape index (κ2) is 6.22. The summed E-state index contributed by atoms with van der Waals surface area (Å²) < 4.78 is 2.78. The standard InChI is InChI=1S/C16H19BrN4O/c1-11-15(16(22)20-6-5-12(8-18)10-20)9-19-21(11)14-4-2-3-13(17)7-14/h2-4,7,9,12H,5-6,8,10,18H2,1H3. The molecule has 2 N–H and O–H groups in total. The van der Waals surface area contributed by atoms with Gasteiger partial charge in [0, 0.05) is 17.6 Å². The van der Waals surface area contributed by atoms with E-state index in [1.807, 2.05) is 36.1 Å². The third-order valence-electron chi connectivity index (χ3n) is 4.20. The molecule has 3 rings (SSSR count). The Labute approximate surface area is 138 Å². The van der Waals surface area contributed by atoms with Crippen molar-refractivity contribution in [2.45, 2.75) is 13.3 Å². The fourth-order valence-electron chi connectivity index (χ4n) is 2.87. The molecule has 1 aromatic heterocycles. The Morgan fingerprint density at radius 2 is 2.32 bits per heavy atom. The quantitative estimate of drug-likeness (QED) is 0.911. The van der Waals surface area contributed by atoms with Crippen LogP contribution < -0.4 is 5.73 Å². The summed E-state index contributed by atoms with van der Waals surface area (Å²) in [6.45, 7) is 4.09. The van der Waals surface area contributed by atoms with Crippen LogP contribution in [0.2, 0.25) is 0 Å². The Kier molecular flexibility index (Phi) is 4.31. The minimum Gasteiger partial charge on any atom is -0.338 e. The predicted octanol–water partition coefficient (Wildman–Crippen LogP) is 2.36. The van der Waals surface area contributed by atoms with Crippen LogP contribution in [0.25, 0.3) is 5.69 Å². The lowest BCUT2D eigenvalue weighted by molar-refractivity contribution is 0.0787. The molecule has 0 radical (unpaired) electrons. The lowest BCUT2D eigenvalue weighted by atomic mass is 10.1. The van der Waals surface area contributed by atoms with Crippen molar-refractivity contribution in [1.29, 1.82) is 0 Å². The normalized spacial score (nSPS) is 18.0. The highest BCUT2D eigenvalue weighted by atomic mass is 79.9. The Bertz CT molecular complexity index is 697. The van der Waals surface area contributed by atoms with E-state index in [0.29, 0.717) is 18.0 Å². The van der Waals surface area contributed by atoms with E-state index in [-0.39, 0.29) is 5.91 Å². The van der Waals surface area contributed by atoms with Crippen molar-refractivity contribution in [3.63, 3.8) is 0 Å². The molecule has 0 bridgehead atoms. The highest BCUT2D eigenvalue weighted by Crippen LogP contribution is 2.22. The lowest BCUT2D eigenvalue weighted by Gasteiger charge is -2.16. The summed E-state index contributed by atoms with van der Waals surface area (Å²) in [5.74, 6) is 0.471. The van der Waals surface area contributed by atoms with E-state index < -0.39 is 0 Å². The lowest BCUT2D eigenvalue weighted by Crippen LogP contribution is -2.30. The minimum atomic E-state index is 0.0506. The summed E-state index contributed by atoms with van der Waals surface area (Å²) in [4.78, 5) is 14.5. The number of carbonyl (C=O) groups excluding carboxylic acids is 1. The Balaban J connectivity index is 1.86. The van der Waals surface area contributed by atoms with Gasteiger partial charge in [-0.25, -0.2) is 4.68 Å². The molecule has 1 aliphatic rings. The third kappa shape index (κ3) is 2.80. The number of benzene rings is 1. The number of amides is 1. The predicted molar refractivity (Wildman–Crippen MR) is 89.1 cm³/mol. The van der Waals surface area contributed by atoms with Crippen molar-refractivity contribution in [2.24, 2.45) is 11.7 Å². The molecule has 5 nitrogen and oxygen atoms in total. The van der Waals surface area contributed by atoms with Gasteiger partial charge in [0.1, 0.15) is 0 Å². The van der Waals surface area contributed by atoms with Crippen LogP contribution >= 0.6 is 15.9 Å². The molecule has 22 heavy (non-hydrogen) atoms. The average Bonchev–Trinajstić information content (AvgIpc) is 3.13. The fraction of sp³-hybridized carbons (Fsp3) is 0.375. The van der Waals surface area contributed by atoms with E-state index in [1.165, 1.54) is 0 Å². The summed E-state index contributed by atoms with van der Waals surface area (Å²) in [5.41, 5.74) is 8.16. The van der Waals surface area contributed by atoms with Crippen molar-refractivity contribution in [1.82, 2.24) is 14.7 Å². The van der Waals surface area contributed by atoms with E-state index >= 15 is 0 Å². The molecule has 1 fully saturated rings. The summed E-state index contributed by atoms with van der Waals surface area (Å²) in [6, 6.07) is 7.87. The van der Waals surface area contributed by atoms with Gasteiger partial charge < -0.3 is 10.6 Å². The average molecular weight is 363 g/mol. The first-order valence-corrected chi connectivity index (χ1v) is 8.19. The zero-order valence-electron chi connectivity index (χ0n) is 12.5. The topological polar surface area (TPSA) is 64.2 Å². The highest BCUT2D eigenvalue weighted by Gasteiger charge is 2.28. The number of halogens is 1. The summed E-state index contributed by atoms with van der Waals surface area (Å²) in [5, 5.41) is 4.38. The van der Waals surface area contributed by atoms with E-state index in [1.54, 1.807) is 10.9 Å². The second-order valence-electron chi connectivity index (χ2n) is 5.68. The van der Waals surface area contributed by atoms with Crippen molar-refractivity contribution in [3.8, 4) is 5.69 Å². The summed E-state index contributed by atoms with van der Waals surface area (Å²) >= 11 is 3.46. The summed E-state index contributed by atoms with van der Waals surface area (Å²) in [7, 11) is 0. The molecule has 1 saturated heterocycles. The van der Waals surface area contributed by atoms with E-state index in [0.717, 1.165) is 35.4 Å². The third-order valence-corrected chi connectivity index (χ3v) is 4.69. The molecule has 2 aromatic rings. The molecule has 6 heteroatoms. The van der Waals surface area contributed by atoms with Gasteiger partial charge in [0.15, 0.2) is 0 Å². The van der Waals surface area contributed by atoms with Gasteiger partial charge in [0.2, 0.25) is 0 Å². The van der Waals surface area contributed by atoms with Gasteiger partial charge in [-0.2, -0.15) is 5.10 Å². The zero-order valence-corrected chi connectivity index (χ0v) is 14.1. The van der Waals surface area contributed by atoms with Crippen LogP contribution in [-0.2, 0) is 0 Å². The molecule has 1 atom stereocenters. The number of nitrogens with two attached hydrogens (primary N) is 1. The number of rotatable bonds is 3. The molecule has 1 amide bonds. The Morgan fingerprint density at radius 1 is 1.50 bits per heavy atom. The largest absolute Gasteiger partial charge is 0.338 e. The molecular weight excluding hydrogens is 344 g/mol. The minimum absolute atomic E-state index is 0.0506. The maximum Gasteiger partial charge on any atom is 0.257 e. The molecule has 1 aliphatic heterocycles. The Morgan fingerprint density at radius 3 is 3.00 bits per heavy atom. The second-order valence-corrected chi connectivity index (χ2v) is 6.59. The number of carbonyl (C=O) groups is 1. The van der Waals surface area contributed by atoms with E-state index in [2.05, 4.69) is 21.0 Å². The van der Waals surface area contributed by atoms with Crippen LogP contribution in [-0.4, -0.2) is 40.2 Å². The van der Waals surface area contributed by atoms with E-state index in [9.17, 15) is 4.79 Å². The molecule has 1 unspecified atom stereocenters. The van der Waals surface area contributed by atoms with Crippen LogP contribution in [0.5, 0.6) is 0 Å². The van der Waals surface area contributed by atoms with Crippen LogP contribution in [0.3, 0.4) is 0 Å². The monoisotopic (exact) mass is 362 g/mol. The molecule has 1 aromatic carbocycles. The molecular formula is C16H19BrN4O. The van der Waals surface area contributed by atoms with Crippen molar-refractivity contribution >= 4 is 21.8 Å². The first-order chi connectivity index (χ1) is 10.6. The molecule has 0 aliphatic carbocycles. The molecule has 2 heterocycles. The zero-order chi connectivity index (χ0) is 15.7. The van der Waals surface area contributed by atoms with Crippen LogP contribution in [0, 0.1) is 12.8 Å². The number of nitrogens with zero attached hydrogens (tertiary/aromatic N) is 3. The summed E-state index contributed by atoms with van der Waals surface area (Å²) in [6.07, 6.45) is 2.65. The number of likely N-dealkylation sites (tertiary alicyclic amines) is 1. The van der Waals surface area contributed by atoms with Crippen molar-refractivity contribution in [3.05, 3.63) is 46.2 Å². The van der Waals surface area contributed by atoms with Crippen LogP contribution in [0.15, 0.2) is 34.9 Å². The SMILES string of the molecule is Cc1c(C(=O)N2CCC(CN)C2)cnn1-c1cccc(Br)c1. The smallest absolute Gasteiger partial charge is 0.257 e. The molecule has 0 spiro atoms. The van der Waals surface area contributed by atoms with Gasteiger partial charge in [-0.1, -0.05) is 22.0 Å².